The average molecular weight is 276 g/mol. The van der Waals surface area contributed by atoms with Crippen molar-refractivity contribution in [2.45, 2.75) is 78.3 Å². The summed E-state index contributed by atoms with van der Waals surface area (Å²) in [6.07, 6.45) is 12.0. The molecule has 0 bridgehead atoms. The first-order valence-electron chi connectivity index (χ1n) is 8.64. The van der Waals surface area contributed by atoms with Crippen molar-refractivity contribution in [1.82, 2.24) is 0 Å². The zero-order chi connectivity index (χ0) is 14.5. The van der Waals surface area contributed by atoms with Crippen molar-refractivity contribution in [2.24, 2.45) is 33.7 Å². The molecule has 2 fully saturated rings. The number of aliphatic imine (C=N–C) groups is 2. The van der Waals surface area contributed by atoms with Crippen LogP contribution in [-0.2, 0) is 0 Å². The van der Waals surface area contributed by atoms with Gasteiger partial charge in [-0.05, 0) is 49.4 Å². The molecular formula is C18H32N2. The molecule has 0 aromatic carbocycles. The number of hydrogen-bond acceptors (Lipinski definition) is 2. The largest absolute Gasteiger partial charge is 0.288 e. The van der Waals surface area contributed by atoms with Crippen LogP contribution in [0.3, 0.4) is 0 Å². The van der Waals surface area contributed by atoms with E-state index in [2.05, 4.69) is 27.7 Å². The fourth-order valence-corrected chi connectivity index (χ4v) is 4.19. The molecule has 0 heterocycles. The summed E-state index contributed by atoms with van der Waals surface area (Å²) in [5, 5.41) is 0. The molecule has 0 aromatic rings. The number of rotatable bonds is 3. The Morgan fingerprint density at radius 3 is 1.20 bits per heavy atom. The summed E-state index contributed by atoms with van der Waals surface area (Å²) in [6.45, 7) is 9.39. The molecule has 2 rings (SSSR count). The molecule has 2 saturated carbocycles. The zero-order valence-electron chi connectivity index (χ0n) is 13.8. The quantitative estimate of drug-likeness (QED) is 0.663. The van der Waals surface area contributed by atoms with Gasteiger partial charge < -0.3 is 0 Å². The van der Waals surface area contributed by atoms with Gasteiger partial charge in [0.15, 0.2) is 0 Å². The lowest BCUT2D eigenvalue weighted by molar-refractivity contribution is 0.252. The third-order valence-corrected chi connectivity index (χ3v) is 5.55. The second-order valence-corrected chi connectivity index (χ2v) is 7.35. The van der Waals surface area contributed by atoms with Crippen LogP contribution in [0.1, 0.15) is 66.2 Å². The Labute approximate surface area is 125 Å². The van der Waals surface area contributed by atoms with Crippen LogP contribution in [-0.4, -0.2) is 24.5 Å². The van der Waals surface area contributed by atoms with Crippen molar-refractivity contribution in [3.05, 3.63) is 0 Å². The summed E-state index contributed by atoms with van der Waals surface area (Å²) >= 11 is 0. The standard InChI is InChI=1S/C18H32N2/c1-13-7-5-8-14(2)17(13)19-11-12-20-18-15(3)9-6-10-16(18)4/h11-18H,5-10H2,1-4H3. The Balaban J connectivity index is 1.89. The molecule has 0 spiro atoms. The van der Waals surface area contributed by atoms with Crippen LogP contribution in [0.5, 0.6) is 0 Å². The summed E-state index contributed by atoms with van der Waals surface area (Å²) < 4.78 is 0. The highest BCUT2D eigenvalue weighted by Crippen LogP contribution is 2.32. The predicted molar refractivity (Wildman–Crippen MR) is 88.9 cm³/mol. The Kier molecular flexibility index (Phi) is 5.80. The van der Waals surface area contributed by atoms with Crippen molar-refractivity contribution >= 4 is 12.4 Å². The molecule has 20 heavy (non-hydrogen) atoms. The van der Waals surface area contributed by atoms with E-state index in [0.717, 1.165) is 23.7 Å². The number of nitrogens with zero attached hydrogens (tertiary/aromatic N) is 2. The summed E-state index contributed by atoms with van der Waals surface area (Å²) in [7, 11) is 0. The fourth-order valence-electron chi connectivity index (χ4n) is 4.19. The van der Waals surface area contributed by atoms with Gasteiger partial charge in [-0.1, -0.05) is 40.5 Å². The van der Waals surface area contributed by atoms with Gasteiger partial charge in [-0.15, -0.1) is 0 Å². The summed E-state index contributed by atoms with van der Waals surface area (Å²) in [6, 6.07) is 1.02. The maximum Gasteiger partial charge on any atom is 0.0551 e. The predicted octanol–water partition coefficient (Wildman–Crippen LogP) is 4.78. The molecule has 4 unspecified atom stereocenters. The highest BCUT2D eigenvalue weighted by molar-refractivity contribution is 6.16. The van der Waals surface area contributed by atoms with Crippen molar-refractivity contribution in [3.8, 4) is 0 Å². The van der Waals surface area contributed by atoms with Crippen LogP contribution in [0.4, 0.5) is 0 Å². The fraction of sp³-hybridized carbons (Fsp3) is 0.889. The van der Waals surface area contributed by atoms with Crippen LogP contribution in [0.2, 0.25) is 0 Å². The van der Waals surface area contributed by atoms with Crippen molar-refractivity contribution in [1.29, 1.82) is 0 Å². The lowest BCUT2D eigenvalue weighted by Gasteiger charge is -2.32. The smallest absolute Gasteiger partial charge is 0.0551 e. The van der Waals surface area contributed by atoms with Gasteiger partial charge in [0.2, 0.25) is 0 Å². The first-order valence-corrected chi connectivity index (χ1v) is 8.64. The summed E-state index contributed by atoms with van der Waals surface area (Å²) in [5.74, 6) is 2.93. The van der Waals surface area contributed by atoms with Gasteiger partial charge in [-0.2, -0.15) is 0 Å². The van der Waals surface area contributed by atoms with Gasteiger partial charge in [0.1, 0.15) is 0 Å². The topological polar surface area (TPSA) is 24.7 Å². The maximum atomic E-state index is 4.81. The van der Waals surface area contributed by atoms with Gasteiger partial charge in [-0.25, -0.2) is 0 Å². The maximum absolute atomic E-state index is 4.81. The van der Waals surface area contributed by atoms with E-state index in [-0.39, 0.29) is 0 Å². The molecule has 0 aromatic heterocycles. The van der Waals surface area contributed by atoms with E-state index in [1.54, 1.807) is 0 Å². The second kappa shape index (κ2) is 7.38. The Bertz CT molecular complexity index is 293. The van der Waals surface area contributed by atoms with E-state index in [1.807, 2.05) is 12.4 Å². The van der Waals surface area contributed by atoms with Crippen LogP contribution in [0.15, 0.2) is 9.98 Å². The van der Waals surface area contributed by atoms with Crippen LogP contribution < -0.4 is 0 Å². The molecule has 0 N–H and O–H groups in total. The Hall–Kier alpha value is -0.660. The molecule has 0 saturated heterocycles. The Morgan fingerprint density at radius 2 is 0.900 bits per heavy atom. The molecule has 0 amide bonds. The van der Waals surface area contributed by atoms with Crippen LogP contribution in [0, 0.1) is 23.7 Å². The van der Waals surface area contributed by atoms with Gasteiger partial charge >= 0.3 is 0 Å². The van der Waals surface area contributed by atoms with Gasteiger partial charge in [0.25, 0.3) is 0 Å². The molecule has 2 aliphatic rings. The number of hydrogen-bond donors (Lipinski definition) is 0. The molecular weight excluding hydrogens is 244 g/mol. The minimum Gasteiger partial charge on any atom is -0.288 e. The van der Waals surface area contributed by atoms with E-state index in [4.69, 9.17) is 9.98 Å². The molecule has 4 atom stereocenters. The molecule has 0 aliphatic heterocycles. The Morgan fingerprint density at radius 1 is 0.600 bits per heavy atom. The second-order valence-electron chi connectivity index (χ2n) is 7.35. The molecule has 2 heteroatoms. The third-order valence-electron chi connectivity index (χ3n) is 5.55. The van der Waals surface area contributed by atoms with E-state index < -0.39 is 0 Å². The highest BCUT2D eigenvalue weighted by Gasteiger charge is 2.27. The van der Waals surface area contributed by atoms with E-state index in [9.17, 15) is 0 Å². The van der Waals surface area contributed by atoms with E-state index in [1.165, 1.54) is 38.5 Å². The SMILES string of the molecule is CC1CCCC(C)C1N=CC=NC1C(C)CCCC1C. The monoisotopic (exact) mass is 276 g/mol. The molecule has 0 radical (unpaired) electrons. The summed E-state index contributed by atoms with van der Waals surface area (Å²) in [4.78, 5) is 9.61. The molecule has 2 nitrogen and oxygen atoms in total. The average Bonchev–Trinajstić information content (AvgIpc) is 2.40. The van der Waals surface area contributed by atoms with Crippen molar-refractivity contribution in [3.63, 3.8) is 0 Å². The van der Waals surface area contributed by atoms with Gasteiger partial charge in [-0.3, -0.25) is 9.98 Å². The van der Waals surface area contributed by atoms with Crippen molar-refractivity contribution < 1.29 is 0 Å². The van der Waals surface area contributed by atoms with Gasteiger partial charge in [0.05, 0.1) is 12.1 Å². The van der Waals surface area contributed by atoms with Gasteiger partial charge in [0, 0.05) is 12.4 Å². The van der Waals surface area contributed by atoms with E-state index in [0.29, 0.717) is 12.1 Å². The zero-order valence-corrected chi connectivity index (χ0v) is 13.8. The molecule has 2 aliphatic carbocycles. The third kappa shape index (κ3) is 3.93. The summed E-state index contributed by atoms with van der Waals surface area (Å²) in [5.41, 5.74) is 0. The molecule has 114 valence electrons. The lowest BCUT2D eigenvalue weighted by atomic mass is 9.79. The first-order chi connectivity index (χ1) is 9.59. The highest BCUT2D eigenvalue weighted by atomic mass is 14.8. The van der Waals surface area contributed by atoms with Crippen LogP contribution in [0.25, 0.3) is 0 Å². The van der Waals surface area contributed by atoms with Crippen molar-refractivity contribution in [2.75, 3.05) is 0 Å². The van der Waals surface area contributed by atoms with Crippen LogP contribution >= 0.6 is 0 Å². The minimum absolute atomic E-state index is 0.511. The first kappa shape index (κ1) is 15.7. The lowest BCUT2D eigenvalue weighted by Crippen LogP contribution is -2.29. The minimum atomic E-state index is 0.511. The van der Waals surface area contributed by atoms with E-state index >= 15 is 0 Å². The normalized spacial score (nSPS) is 43.4.